The van der Waals surface area contributed by atoms with Gasteiger partial charge in [-0.1, -0.05) is 13.8 Å². The molecule has 0 aromatic heterocycles. The Morgan fingerprint density at radius 1 is 0.870 bits per heavy atom. The van der Waals surface area contributed by atoms with E-state index in [4.69, 9.17) is 9.47 Å². The van der Waals surface area contributed by atoms with E-state index in [9.17, 15) is 9.59 Å². The van der Waals surface area contributed by atoms with Crippen LogP contribution in [0.3, 0.4) is 0 Å². The number of carbonyl (C=O) groups excluding carboxylic acids is 2. The molecule has 0 aliphatic rings. The Kier molecular flexibility index (Phi) is 15.3. The highest BCUT2D eigenvalue weighted by Crippen LogP contribution is 2.01. The number of hydrogen-bond donors (Lipinski definition) is 1. The van der Waals surface area contributed by atoms with Gasteiger partial charge in [0.2, 0.25) is 5.91 Å². The second-order valence-electron chi connectivity index (χ2n) is 6.44. The third kappa shape index (κ3) is 19.0. The zero-order valence-corrected chi connectivity index (χ0v) is 15.2. The number of Topliss-reactive ketones (excluding diaryl/α,β-unsaturated/α-hetero) is 1. The number of unbranched alkanes of at least 4 members (excludes halogenated alkanes) is 4. The number of nitrogens with one attached hydrogen (secondary N) is 1. The van der Waals surface area contributed by atoms with Gasteiger partial charge in [-0.25, -0.2) is 0 Å². The first-order valence-electron chi connectivity index (χ1n) is 8.94. The average molecular weight is 329 g/mol. The Balaban J connectivity index is 3.11. The summed E-state index contributed by atoms with van der Waals surface area (Å²) in [6.07, 6.45) is 6.84. The smallest absolute Gasteiger partial charge is 0.220 e. The summed E-state index contributed by atoms with van der Waals surface area (Å²) < 4.78 is 10.8. The Morgan fingerprint density at radius 3 is 2.00 bits per heavy atom. The third-order valence-corrected chi connectivity index (χ3v) is 3.26. The summed E-state index contributed by atoms with van der Waals surface area (Å²) in [4.78, 5) is 22.1. The fraction of sp³-hybridized carbons (Fsp3) is 0.889. The van der Waals surface area contributed by atoms with Gasteiger partial charge in [0, 0.05) is 32.8 Å². The molecule has 1 N–H and O–H groups in total. The summed E-state index contributed by atoms with van der Waals surface area (Å²) in [7, 11) is 0. The molecule has 0 aliphatic carbocycles. The number of amides is 1. The molecular formula is C18H35NO4. The molecule has 5 heteroatoms. The highest BCUT2D eigenvalue weighted by Gasteiger charge is 2.03. The molecule has 1 amide bonds. The van der Waals surface area contributed by atoms with Crippen LogP contribution in [-0.4, -0.2) is 44.7 Å². The van der Waals surface area contributed by atoms with Crippen molar-refractivity contribution in [3.05, 3.63) is 0 Å². The zero-order valence-electron chi connectivity index (χ0n) is 15.2. The molecule has 0 fully saturated rings. The first-order valence-corrected chi connectivity index (χ1v) is 8.94. The van der Waals surface area contributed by atoms with Crippen molar-refractivity contribution in [1.29, 1.82) is 0 Å². The first kappa shape index (κ1) is 22.1. The van der Waals surface area contributed by atoms with E-state index in [1.165, 1.54) is 6.92 Å². The van der Waals surface area contributed by atoms with E-state index in [1.54, 1.807) is 0 Å². The van der Waals surface area contributed by atoms with Crippen LogP contribution < -0.4 is 5.32 Å². The maximum absolute atomic E-state index is 11.4. The molecule has 0 radical (unpaired) electrons. The summed E-state index contributed by atoms with van der Waals surface area (Å²) >= 11 is 0. The lowest BCUT2D eigenvalue weighted by molar-refractivity contribution is -0.122. The predicted octanol–water partition coefficient (Wildman–Crippen LogP) is 3.11. The van der Waals surface area contributed by atoms with Gasteiger partial charge in [-0.15, -0.1) is 0 Å². The Bertz CT molecular complexity index is 305. The minimum atomic E-state index is 0.0767. The quantitative estimate of drug-likeness (QED) is 0.442. The summed E-state index contributed by atoms with van der Waals surface area (Å²) in [5, 5.41) is 2.94. The molecular weight excluding hydrogens is 294 g/mol. The van der Waals surface area contributed by atoms with Crippen LogP contribution in [0.2, 0.25) is 0 Å². The van der Waals surface area contributed by atoms with Gasteiger partial charge in [0.25, 0.3) is 0 Å². The van der Waals surface area contributed by atoms with Crippen molar-refractivity contribution in [2.75, 3.05) is 33.0 Å². The second-order valence-corrected chi connectivity index (χ2v) is 6.44. The largest absolute Gasteiger partial charge is 0.381 e. The normalized spacial score (nSPS) is 11.0. The molecule has 0 aromatic rings. The van der Waals surface area contributed by atoms with Gasteiger partial charge in [0.05, 0.1) is 0 Å². The summed E-state index contributed by atoms with van der Waals surface area (Å²) in [5.41, 5.74) is 0. The van der Waals surface area contributed by atoms with Crippen LogP contribution in [0.1, 0.15) is 65.7 Å². The lowest BCUT2D eigenvalue weighted by Crippen LogP contribution is -2.25. The van der Waals surface area contributed by atoms with E-state index in [-0.39, 0.29) is 18.3 Å². The Hall–Kier alpha value is -0.940. The fourth-order valence-corrected chi connectivity index (χ4v) is 2.08. The molecule has 0 rings (SSSR count). The van der Waals surface area contributed by atoms with Gasteiger partial charge in [-0.05, 0) is 51.4 Å². The van der Waals surface area contributed by atoms with Gasteiger partial charge < -0.3 is 14.8 Å². The van der Waals surface area contributed by atoms with Gasteiger partial charge in [0.15, 0.2) is 5.78 Å². The van der Waals surface area contributed by atoms with E-state index in [2.05, 4.69) is 19.2 Å². The van der Waals surface area contributed by atoms with E-state index in [0.717, 1.165) is 58.3 Å². The molecule has 0 spiro atoms. The van der Waals surface area contributed by atoms with Crippen LogP contribution in [0.15, 0.2) is 0 Å². The molecule has 23 heavy (non-hydrogen) atoms. The fourth-order valence-electron chi connectivity index (χ4n) is 2.08. The van der Waals surface area contributed by atoms with Gasteiger partial charge in [-0.3, -0.25) is 9.59 Å². The van der Waals surface area contributed by atoms with E-state index in [1.807, 2.05) is 0 Å². The molecule has 0 saturated carbocycles. The molecule has 0 heterocycles. The van der Waals surface area contributed by atoms with Crippen LogP contribution in [0.4, 0.5) is 0 Å². The lowest BCUT2D eigenvalue weighted by Gasteiger charge is -2.07. The van der Waals surface area contributed by atoms with Crippen molar-refractivity contribution >= 4 is 11.7 Å². The van der Waals surface area contributed by atoms with Crippen molar-refractivity contribution in [3.63, 3.8) is 0 Å². The highest BCUT2D eigenvalue weighted by molar-refractivity contribution is 5.76. The average Bonchev–Trinajstić information content (AvgIpc) is 2.46. The first-order chi connectivity index (χ1) is 11.0. The minimum Gasteiger partial charge on any atom is -0.381 e. The molecule has 0 unspecified atom stereocenters. The van der Waals surface area contributed by atoms with Crippen LogP contribution in [0.5, 0.6) is 0 Å². The van der Waals surface area contributed by atoms with E-state index < -0.39 is 0 Å². The Labute approximate surface area is 141 Å². The molecule has 136 valence electrons. The topological polar surface area (TPSA) is 64.6 Å². The summed E-state index contributed by atoms with van der Waals surface area (Å²) in [5.74, 6) is 0.653. The van der Waals surface area contributed by atoms with E-state index in [0.29, 0.717) is 18.9 Å². The maximum Gasteiger partial charge on any atom is 0.220 e. The minimum absolute atomic E-state index is 0.0767. The second kappa shape index (κ2) is 15.9. The van der Waals surface area contributed by atoms with Crippen molar-refractivity contribution in [1.82, 2.24) is 5.32 Å². The van der Waals surface area contributed by atoms with Crippen molar-refractivity contribution < 1.29 is 19.1 Å². The third-order valence-electron chi connectivity index (χ3n) is 3.26. The number of carbonyl (C=O) groups is 2. The predicted molar refractivity (Wildman–Crippen MR) is 92.5 cm³/mol. The zero-order chi connectivity index (χ0) is 17.3. The molecule has 0 saturated heterocycles. The van der Waals surface area contributed by atoms with Crippen molar-refractivity contribution in [2.24, 2.45) is 5.92 Å². The van der Waals surface area contributed by atoms with Crippen LogP contribution in [0, 0.1) is 5.92 Å². The molecule has 0 atom stereocenters. The van der Waals surface area contributed by atoms with E-state index >= 15 is 0 Å². The SMILES string of the molecule is CC(=O)COCCCCCOCCCCCNC(=O)CC(C)C. The number of ketones is 1. The highest BCUT2D eigenvalue weighted by atomic mass is 16.5. The molecule has 0 aliphatic heterocycles. The standard InChI is InChI=1S/C18H35NO4/c1-16(2)14-18(21)19-10-6-4-7-11-22-12-8-5-9-13-23-15-17(3)20/h16H,4-15H2,1-3H3,(H,19,21). The van der Waals surface area contributed by atoms with Crippen LogP contribution in [-0.2, 0) is 19.1 Å². The number of rotatable bonds is 16. The van der Waals surface area contributed by atoms with Gasteiger partial charge >= 0.3 is 0 Å². The molecule has 0 aromatic carbocycles. The van der Waals surface area contributed by atoms with Crippen LogP contribution >= 0.6 is 0 Å². The summed E-state index contributed by atoms with van der Waals surface area (Å²) in [6, 6.07) is 0. The van der Waals surface area contributed by atoms with Crippen molar-refractivity contribution in [2.45, 2.75) is 65.7 Å². The number of hydrogen-bond acceptors (Lipinski definition) is 4. The lowest BCUT2D eigenvalue weighted by atomic mass is 10.1. The van der Waals surface area contributed by atoms with Crippen LogP contribution in [0.25, 0.3) is 0 Å². The Morgan fingerprint density at radius 2 is 1.43 bits per heavy atom. The van der Waals surface area contributed by atoms with Gasteiger partial charge in [0.1, 0.15) is 6.61 Å². The molecule has 5 nitrogen and oxygen atoms in total. The molecule has 0 bridgehead atoms. The van der Waals surface area contributed by atoms with Gasteiger partial charge in [-0.2, -0.15) is 0 Å². The number of ether oxygens (including phenoxy) is 2. The maximum atomic E-state index is 11.4. The summed E-state index contributed by atoms with van der Waals surface area (Å²) in [6.45, 7) is 8.88. The van der Waals surface area contributed by atoms with Crippen molar-refractivity contribution in [3.8, 4) is 0 Å². The monoisotopic (exact) mass is 329 g/mol.